The van der Waals surface area contributed by atoms with Gasteiger partial charge in [-0.05, 0) is 44.0 Å². The molecule has 8 heteroatoms. The van der Waals surface area contributed by atoms with E-state index in [0.717, 1.165) is 0 Å². The summed E-state index contributed by atoms with van der Waals surface area (Å²) >= 11 is 0. The summed E-state index contributed by atoms with van der Waals surface area (Å²) in [4.78, 5) is 36.9. The Morgan fingerprint density at radius 3 is 2.46 bits per heavy atom. The van der Waals surface area contributed by atoms with Crippen molar-refractivity contribution in [3.63, 3.8) is 0 Å². The van der Waals surface area contributed by atoms with Gasteiger partial charge in [0.05, 0.1) is 12.7 Å². The molecule has 0 aliphatic carbocycles. The maximum absolute atomic E-state index is 12.3. The van der Waals surface area contributed by atoms with E-state index in [-0.39, 0.29) is 30.9 Å². The lowest BCUT2D eigenvalue weighted by atomic mass is 10.0. The van der Waals surface area contributed by atoms with Crippen LogP contribution in [-0.2, 0) is 9.53 Å². The van der Waals surface area contributed by atoms with Crippen LogP contribution in [0.15, 0.2) is 24.3 Å². The number of likely N-dealkylation sites (tertiary alicyclic amines) is 1. The van der Waals surface area contributed by atoms with E-state index in [1.165, 1.54) is 12.1 Å². The van der Waals surface area contributed by atoms with Gasteiger partial charge in [-0.3, -0.25) is 9.59 Å². The standard InChI is InChI=1S/C18H21N3O5/c1-2-25-18(24)26-15-5-3-13(4-6-15)17(23)20-14-8-11-21(12-9-14)16(22)7-10-19/h3-6,14H,2,7-9,11-12H2,1H3,(H,20,23). The van der Waals surface area contributed by atoms with Crippen LogP contribution in [0.25, 0.3) is 0 Å². The van der Waals surface area contributed by atoms with Crippen molar-refractivity contribution < 1.29 is 23.9 Å². The van der Waals surface area contributed by atoms with Crippen LogP contribution in [0.1, 0.15) is 36.5 Å². The third-order valence-corrected chi connectivity index (χ3v) is 3.99. The van der Waals surface area contributed by atoms with Crippen LogP contribution >= 0.6 is 0 Å². The molecule has 138 valence electrons. The Balaban J connectivity index is 1.82. The van der Waals surface area contributed by atoms with Crippen molar-refractivity contribution in [1.82, 2.24) is 10.2 Å². The Bertz CT molecular complexity index is 688. The number of nitrogens with zero attached hydrogens (tertiary/aromatic N) is 2. The predicted octanol–water partition coefficient (Wildman–Crippen LogP) is 1.86. The second kappa shape index (κ2) is 9.42. The zero-order chi connectivity index (χ0) is 18.9. The van der Waals surface area contributed by atoms with Crippen LogP contribution < -0.4 is 10.1 Å². The molecule has 1 N–H and O–H groups in total. The van der Waals surface area contributed by atoms with Crippen molar-refractivity contribution in [1.29, 1.82) is 5.26 Å². The summed E-state index contributed by atoms with van der Waals surface area (Å²) in [5, 5.41) is 11.5. The molecule has 1 aromatic rings. The van der Waals surface area contributed by atoms with E-state index in [2.05, 4.69) is 10.1 Å². The summed E-state index contributed by atoms with van der Waals surface area (Å²) in [5.74, 6) is -0.103. The molecule has 0 unspecified atom stereocenters. The van der Waals surface area contributed by atoms with E-state index in [0.29, 0.717) is 37.2 Å². The van der Waals surface area contributed by atoms with Gasteiger partial charge in [0.25, 0.3) is 5.91 Å². The van der Waals surface area contributed by atoms with Crippen LogP contribution in [0.3, 0.4) is 0 Å². The summed E-state index contributed by atoms with van der Waals surface area (Å²) in [6.45, 7) is 2.95. The number of carbonyl (C=O) groups is 3. The lowest BCUT2D eigenvalue weighted by molar-refractivity contribution is -0.131. The molecule has 0 spiro atoms. The average Bonchev–Trinajstić information content (AvgIpc) is 2.63. The lowest BCUT2D eigenvalue weighted by Crippen LogP contribution is -2.46. The monoisotopic (exact) mass is 359 g/mol. The normalized spacial score (nSPS) is 14.2. The fraction of sp³-hybridized carbons (Fsp3) is 0.444. The molecule has 0 radical (unpaired) electrons. The smallest absolute Gasteiger partial charge is 0.434 e. The van der Waals surface area contributed by atoms with Crippen molar-refractivity contribution >= 4 is 18.0 Å². The fourth-order valence-electron chi connectivity index (χ4n) is 2.64. The van der Waals surface area contributed by atoms with Crippen molar-refractivity contribution in [2.75, 3.05) is 19.7 Å². The predicted molar refractivity (Wildman–Crippen MR) is 91.4 cm³/mol. The first-order valence-electron chi connectivity index (χ1n) is 8.43. The molecule has 2 amide bonds. The molecular formula is C18H21N3O5. The van der Waals surface area contributed by atoms with Gasteiger partial charge in [0.15, 0.2) is 0 Å². The van der Waals surface area contributed by atoms with Gasteiger partial charge in [-0.2, -0.15) is 5.26 Å². The lowest BCUT2D eigenvalue weighted by Gasteiger charge is -2.32. The number of ether oxygens (including phenoxy) is 2. The molecule has 0 aromatic heterocycles. The van der Waals surface area contributed by atoms with Gasteiger partial charge in [-0.1, -0.05) is 0 Å². The topological polar surface area (TPSA) is 109 Å². The largest absolute Gasteiger partial charge is 0.513 e. The molecule has 2 rings (SSSR count). The number of nitrogens with one attached hydrogen (secondary N) is 1. The highest BCUT2D eigenvalue weighted by atomic mass is 16.7. The first-order valence-corrected chi connectivity index (χ1v) is 8.43. The van der Waals surface area contributed by atoms with E-state index in [1.54, 1.807) is 24.0 Å². The van der Waals surface area contributed by atoms with Crippen molar-refractivity contribution in [3.05, 3.63) is 29.8 Å². The second-order valence-corrected chi connectivity index (χ2v) is 5.77. The summed E-state index contributed by atoms with van der Waals surface area (Å²) in [5.41, 5.74) is 0.448. The Labute approximate surface area is 151 Å². The number of nitriles is 1. The van der Waals surface area contributed by atoms with Gasteiger partial charge in [0, 0.05) is 24.7 Å². The maximum atomic E-state index is 12.3. The molecule has 0 atom stereocenters. The van der Waals surface area contributed by atoms with Gasteiger partial charge in [-0.15, -0.1) is 0 Å². The minimum absolute atomic E-state index is 0.0240. The number of piperidine rings is 1. The van der Waals surface area contributed by atoms with E-state index in [9.17, 15) is 14.4 Å². The highest BCUT2D eigenvalue weighted by molar-refractivity contribution is 5.94. The molecule has 1 fully saturated rings. The van der Waals surface area contributed by atoms with Gasteiger partial charge in [0.1, 0.15) is 12.2 Å². The van der Waals surface area contributed by atoms with E-state index >= 15 is 0 Å². The highest BCUT2D eigenvalue weighted by Crippen LogP contribution is 2.15. The second-order valence-electron chi connectivity index (χ2n) is 5.77. The van der Waals surface area contributed by atoms with Crippen molar-refractivity contribution in [2.24, 2.45) is 0 Å². The zero-order valence-electron chi connectivity index (χ0n) is 14.6. The molecule has 0 bridgehead atoms. The number of rotatable bonds is 5. The number of hydrogen-bond donors (Lipinski definition) is 1. The Kier molecular flexibility index (Phi) is 6.97. The van der Waals surface area contributed by atoms with Gasteiger partial charge in [0.2, 0.25) is 5.91 Å². The summed E-state index contributed by atoms with van der Waals surface area (Å²) in [7, 11) is 0. The number of amides is 2. The fourth-order valence-corrected chi connectivity index (χ4v) is 2.64. The minimum atomic E-state index is -0.789. The quantitative estimate of drug-likeness (QED) is 0.635. The molecule has 26 heavy (non-hydrogen) atoms. The van der Waals surface area contributed by atoms with Crippen molar-refractivity contribution in [2.45, 2.75) is 32.2 Å². The molecule has 1 aliphatic rings. The first-order chi connectivity index (χ1) is 12.5. The number of benzene rings is 1. The molecule has 1 aromatic carbocycles. The van der Waals surface area contributed by atoms with E-state index in [4.69, 9.17) is 10.00 Å². The zero-order valence-corrected chi connectivity index (χ0v) is 14.6. The Hall–Kier alpha value is -3.08. The van der Waals surface area contributed by atoms with Gasteiger partial charge < -0.3 is 19.7 Å². The molecule has 1 aliphatic heterocycles. The Morgan fingerprint density at radius 1 is 1.23 bits per heavy atom. The van der Waals surface area contributed by atoms with Crippen LogP contribution in [0.4, 0.5) is 4.79 Å². The minimum Gasteiger partial charge on any atom is -0.434 e. The first kappa shape index (κ1) is 19.2. The molecule has 8 nitrogen and oxygen atoms in total. The SMILES string of the molecule is CCOC(=O)Oc1ccc(C(=O)NC2CCN(C(=O)CC#N)CC2)cc1. The number of hydrogen-bond acceptors (Lipinski definition) is 6. The van der Waals surface area contributed by atoms with Gasteiger partial charge in [-0.25, -0.2) is 4.79 Å². The Morgan fingerprint density at radius 2 is 1.88 bits per heavy atom. The maximum Gasteiger partial charge on any atom is 0.513 e. The molecular weight excluding hydrogens is 338 g/mol. The summed E-state index contributed by atoms with van der Waals surface area (Å²) < 4.78 is 9.62. The van der Waals surface area contributed by atoms with Crippen LogP contribution in [-0.4, -0.2) is 48.6 Å². The van der Waals surface area contributed by atoms with E-state index < -0.39 is 6.16 Å². The average molecular weight is 359 g/mol. The van der Waals surface area contributed by atoms with Crippen LogP contribution in [0.5, 0.6) is 5.75 Å². The number of carbonyl (C=O) groups excluding carboxylic acids is 3. The van der Waals surface area contributed by atoms with Crippen molar-refractivity contribution in [3.8, 4) is 11.8 Å². The summed E-state index contributed by atoms with van der Waals surface area (Å²) in [6, 6.07) is 8.00. The van der Waals surface area contributed by atoms with Crippen LogP contribution in [0, 0.1) is 11.3 Å². The van der Waals surface area contributed by atoms with Crippen LogP contribution in [0.2, 0.25) is 0 Å². The van der Waals surface area contributed by atoms with Gasteiger partial charge >= 0.3 is 6.16 Å². The third-order valence-electron chi connectivity index (χ3n) is 3.99. The third kappa shape index (κ3) is 5.48. The summed E-state index contributed by atoms with van der Waals surface area (Å²) in [6.07, 6.45) is 0.388. The van der Waals surface area contributed by atoms with E-state index in [1.807, 2.05) is 6.07 Å². The molecule has 1 heterocycles. The molecule has 1 saturated heterocycles. The molecule has 0 saturated carbocycles. The highest BCUT2D eigenvalue weighted by Gasteiger charge is 2.23.